The molecular formula is C25H26F2N2O4. The second kappa shape index (κ2) is 8.57. The molecule has 3 aliphatic carbocycles. The van der Waals surface area contributed by atoms with Crippen LogP contribution in [0.15, 0.2) is 41.0 Å². The summed E-state index contributed by atoms with van der Waals surface area (Å²) in [4.78, 5) is 41.1. The number of carbonyl (C=O) groups is 3. The minimum absolute atomic E-state index is 0.0138. The number of fused-ring (bicyclic) bond motifs is 1. The minimum atomic E-state index is -1.67. The number of likely N-dealkylation sites (tertiary alicyclic amines) is 1. The molecule has 1 heterocycles. The number of ketones is 2. The van der Waals surface area contributed by atoms with Gasteiger partial charge in [-0.15, -0.1) is 0 Å². The highest BCUT2D eigenvalue weighted by molar-refractivity contribution is 6.25. The van der Waals surface area contributed by atoms with Crippen LogP contribution in [0.4, 0.5) is 8.78 Å². The summed E-state index contributed by atoms with van der Waals surface area (Å²) in [6.45, 7) is 1.64. The van der Waals surface area contributed by atoms with Crippen LogP contribution in [-0.4, -0.2) is 52.7 Å². The Morgan fingerprint density at radius 3 is 2.67 bits per heavy atom. The molecule has 3 atom stereocenters. The lowest BCUT2D eigenvalue weighted by atomic mass is 9.70. The van der Waals surface area contributed by atoms with E-state index in [0.717, 1.165) is 38.1 Å². The Kier molecular flexibility index (Phi) is 5.74. The first-order valence-corrected chi connectivity index (χ1v) is 11.5. The fourth-order valence-corrected chi connectivity index (χ4v) is 5.34. The summed E-state index contributed by atoms with van der Waals surface area (Å²) in [5, 5.41) is 13.1. The minimum Gasteiger partial charge on any atom is -0.380 e. The van der Waals surface area contributed by atoms with Gasteiger partial charge in [-0.3, -0.25) is 19.3 Å². The van der Waals surface area contributed by atoms with Gasteiger partial charge in [0.15, 0.2) is 5.78 Å². The number of nitrogens with zero attached hydrogens (tertiary/aromatic N) is 1. The molecule has 3 unspecified atom stereocenters. The van der Waals surface area contributed by atoms with E-state index >= 15 is 0 Å². The van der Waals surface area contributed by atoms with Gasteiger partial charge in [0.1, 0.15) is 17.7 Å². The van der Waals surface area contributed by atoms with Crippen molar-refractivity contribution >= 4 is 17.5 Å². The van der Waals surface area contributed by atoms with Crippen LogP contribution in [0, 0.1) is 23.5 Å². The van der Waals surface area contributed by atoms with Gasteiger partial charge in [-0.2, -0.15) is 0 Å². The maximum absolute atomic E-state index is 13.9. The topological polar surface area (TPSA) is 86.7 Å². The molecular weight excluding hydrogens is 430 g/mol. The Morgan fingerprint density at radius 2 is 1.94 bits per heavy atom. The Balaban J connectivity index is 1.38. The first-order chi connectivity index (χ1) is 15.8. The van der Waals surface area contributed by atoms with Crippen LogP contribution in [0.25, 0.3) is 0 Å². The van der Waals surface area contributed by atoms with Crippen molar-refractivity contribution in [2.24, 2.45) is 11.8 Å². The molecule has 0 aromatic heterocycles. The van der Waals surface area contributed by atoms with E-state index in [1.165, 1.54) is 25.0 Å². The highest BCUT2D eigenvalue weighted by atomic mass is 19.1. The second-order valence-electron chi connectivity index (χ2n) is 9.50. The van der Waals surface area contributed by atoms with Gasteiger partial charge in [-0.05, 0) is 62.3 Å². The molecule has 33 heavy (non-hydrogen) atoms. The normalized spacial score (nSPS) is 27.7. The fourth-order valence-electron chi connectivity index (χ4n) is 5.34. The lowest BCUT2D eigenvalue weighted by Gasteiger charge is -2.45. The van der Waals surface area contributed by atoms with E-state index in [1.807, 2.05) is 0 Å². The highest BCUT2D eigenvalue weighted by Crippen LogP contribution is 2.42. The van der Waals surface area contributed by atoms with Crippen LogP contribution in [0.1, 0.15) is 37.7 Å². The van der Waals surface area contributed by atoms with Crippen molar-refractivity contribution in [3.8, 4) is 0 Å². The molecule has 6 nitrogen and oxygen atoms in total. The summed E-state index contributed by atoms with van der Waals surface area (Å²) >= 11 is 0. The number of hydrogen-bond acceptors (Lipinski definition) is 5. The van der Waals surface area contributed by atoms with E-state index in [9.17, 15) is 28.3 Å². The lowest BCUT2D eigenvalue weighted by Crippen LogP contribution is -2.53. The molecule has 8 heteroatoms. The summed E-state index contributed by atoms with van der Waals surface area (Å²) in [7, 11) is 0. The number of Topliss-reactive ketones (excluding diaryl/α,β-unsaturated/α-hetero) is 2. The quantitative estimate of drug-likeness (QED) is 0.664. The summed E-state index contributed by atoms with van der Waals surface area (Å²) in [6.07, 6.45) is 4.33. The number of piperidine rings is 1. The average molecular weight is 456 g/mol. The van der Waals surface area contributed by atoms with E-state index in [0.29, 0.717) is 17.9 Å². The summed E-state index contributed by atoms with van der Waals surface area (Å²) in [5.74, 6) is -2.87. The van der Waals surface area contributed by atoms with Crippen molar-refractivity contribution < 1.29 is 28.3 Å². The average Bonchev–Trinajstić information content (AvgIpc) is 3.60. The first-order valence-electron chi connectivity index (χ1n) is 11.5. The third-order valence-electron chi connectivity index (χ3n) is 7.27. The number of rotatable bonds is 5. The first kappa shape index (κ1) is 22.1. The van der Waals surface area contributed by atoms with Crippen molar-refractivity contribution in [1.82, 2.24) is 10.2 Å². The molecule has 1 aromatic rings. The smallest absolute Gasteiger partial charge is 0.255 e. The molecule has 2 fully saturated rings. The monoisotopic (exact) mass is 456 g/mol. The molecule has 5 rings (SSSR count). The molecule has 1 amide bonds. The Bertz CT molecular complexity index is 1090. The maximum Gasteiger partial charge on any atom is 0.255 e. The largest absolute Gasteiger partial charge is 0.380 e. The third kappa shape index (κ3) is 4.17. The zero-order valence-electron chi connectivity index (χ0n) is 18.2. The van der Waals surface area contributed by atoms with Crippen molar-refractivity contribution in [1.29, 1.82) is 0 Å². The lowest BCUT2D eigenvalue weighted by molar-refractivity contribution is -0.131. The van der Waals surface area contributed by atoms with Crippen LogP contribution >= 0.6 is 0 Å². The van der Waals surface area contributed by atoms with E-state index in [4.69, 9.17) is 0 Å². The number of aliphatic hydroxyl groups is 1. The molecule has 1 saturated carbocycles. The number of aliphatic hydroxyl groups excluding tert-OH is 1. The van der Waals surface area contributed by atoms with E-state index < -0.39 is 29.4 Å². The molecule has 174 valence electrons. The van der Waals surface area contributed by atoms with Gasteiger partial charge in [0.05, 0.1) is 5.57 Å². The number of carbonyl (C=O) groups excluding carboxylic acids is 3. The summed E-state index contributed by atoms with van der Waals surface area (Å²) < 4.78 is 27.0. The van der Waals surface area contributed by atoms with E-state index in [2.05, 4.69) is 10.2 Å². The fraction of sp³-hybridized carbons (Fsp3) is 0.480. The van der Waals surface area contributed by atoms with Gasteiger partial charge in [0, 0.05) is 42.3 Å². The summed E-state index contributed by atoms with van der Waals surface area (Å²) in [5.41, 5.74) is 0.479. The molecule has 1 aliphatic heterocycles. The van der Waals surface area contributed by atoms with E-state index in [1.54, 1.807) is 0 Å². The predicted octanol–water partition coefficient (Wildman–Crippen LogP) is 2.21. The number of benzene rings is 1. The van der Waals surface area contributed by atoms with Crippen LogP contribution in [0.5, 0.6) is 0 Å². The number of amides is 1. The van der Waals surface area contributed by atoms with Crippen molar-refractivity contribution in [3.63, 3.8) is 0 Å². The molecule has 0 spiro atoms. The van der Waals surface area contributed by atoms with E-state index in [-0.39, 0.29) is 41.0 Å². The number of hydrogen-bond donors (Lipinski definition) is 2. The highest BCUT2D eigenvalue weighted by Gasteiger charge is 2.47. The zero-order chi connectivity index (χ0) is 23.3. The SMILES string of the molecule is O=C(NCc1ccc(F)cc1F)C1=CC2=C(C(=O)C3CCCN(CC4CC4)C3C2)C(O)C1=O. The van der Waals surface area contributed by atoms with Gasteiger partial charge in [-0.25, -0.2) is 8.78 Å². The van der Waals surface area contributed by atoms with Gasteiger partial charge >= 0.3 is 0 Å². The molecule has 4 aliphatic rings. The molecule has 1 saturated heterocycles. The Morgan fingerprint density at radius 1 is 1.15 bits per heavy atom. The maximum atomic E-state index is 13.9. The van der Waals surface area contributed by atoms with Crippen LogP contribution in [0.2, 0.25) is 0 Å². The van der Waals surface area contributed by atoms with Gasteiger partial charge in [0.2, 0.25) is 5.78 Å². The predicted molar refractivity (Wildman–Crippen MR) is 115 cm³/mol. The third-order valence-corrected chi connectivity index (χ3v) is 7.27. The van der Waals surface area contributed by atoms with Crippen LogP contribution in [-0.2, 0) is 20.9 Å². The molecule has 2 N–H and O–H groups in total. The Hall–Kier alpha value is -2.71. The number of allylic oxidation sites excluding steroid dienone is 1. The molecule has 0 bridgehead atoms. The summed E-state index contributed by atoms with van der Waals surface area (Å²) in [6, 6.07) is 3.03. The Labute approximate surface area is 190 Å². The second-order valence-corrected chi connectivity index (χ2v) is 9.50. The number of nitrogens with one attached hydrogen (secondary N) is 1. The van der Waals surface area contributed by atoms with Gasteiger partial charge in [-0.1, -0.05) is 6.07 Å². The zero-order valence-corrected chi connectivity index (χ0v) is 18.2. The molecule has 1 aromatic carbocycles. The van der Waals surface area contributed by atoms with Crippen molar-refractivity contribution in [2.45, 2.75) is 50.8 Å². The van der Waals surface area contributed by atoms with Gasteiger partial charge < -0.3 is 10.4 Å². The standard InChI is InChI=1S/C25H26F2N2O4/c26-16-6-5-14(19(27)10-16)11-28-25(33)18-8-15-9-20-17(22(30)21(15)24(32)23(18)31)2-1-7-29(20)12-13-3-4-13/h5-6,8,10,13,17,20,24,32H,1-4,7,9,11-12H2,(H,28,33). The van der Waals surface area contributed by atoms with Crippen LogP contribution < -0.4 is 5.32 Å². The number of halogens is 2. The molecule has 0 radical (unpaired) electrons. The van der Waals surface area contributed by atoms with Crippen LogP contribution in [0.3, 0.4) is 0 Å². The van der Waals surface area contributed by atoms with Gasteiger partial charge in [0.25, 0.3) is 5.91 Å². The van der Waals surface area contributed by atoms with Crippen molar-refractivity contribution in [2.75, 3.05) is 13.1 Å². The van der Waals surface area contributed by atoms with Crippen molar-refractivity contribution in [3.05, 3.63) is 58.2 Å².